The molecule has 7 heteroatoms. The van der Waals surface area contributed by atoms with Crippen molar-refractivity contribution >= 4 is 40.9 Å². The molecule has 2 aromatic rings. The summed E-state index contributed by atoms with van der Waals surface area (Å²) in [5.41, 5.74) is 0. The van der Waals surface area contributed by atoms with Crippen molar-refractivity contribution in [3.63, 3.8) is 0 Å². The fraction of sp³-hybridized carbons (Fsp3) is 0.333. The number of hydrogen-bond donors (Lipinski definition) is 1. The number of aromatic nitrogens is 2. The summed E-state index contributed by atoms with van der Waals surface area (Å²) < 4.78 is 1.79. The molecule has 1 aromatic carbocycles. The van der Waals surface area contributed by atoms with E-state index in [9.17, 15) is 4.79 Å². The summed E-state index contributed by atoms with van der Waals surface area (Å²) in [6, 6.07) is 7.08. The fourth-order valence-electron chi connectivity index (χ4n) is 1.91. The largest absolute Gasteiger partial charge is 0.351 e. The predicted octanol–water partition coefficient (Wildman–Crippen LogP) is 3.88. The average molecular weight is 358 g/mol. The number of carbonyl (C=O) groups excluding carboxylic acids is 1. The molecule has 0 unspecified atom stereocenters. The maximum Gasteiger partial charge on any atom is 0.233 e. The van der Waals surface area contributed by atoms with Crippen LogP contribution in [0, 0.1) is 0 Å². The zero-order valence-electron chi connectivity index (χ0n) is 12.3. The maximum atomic E-state index is 12.2. The van der Waals surface area contributed by atoms with E-state index in [0.29, 0.717) is 16.6 Å². The normalized spacial score (nSPS) is 13.6. The predicted molar refractivity (Wildman–Crippen MR) is 91.6 cm³/mol. The number of nitrogens with zero attached hydrogens (tertiary/aromatic N) is 2. The van der Waals surface area contributed by atoms with Gasteiger partial charge in [0.05, 0.1) is 16.8 Å². The van der Waals surface area contributed by atoms with Crippen LogP contribution >= 0.6 is 35.0 Å². The first-order valence-electron chi connectivity index (χ1n) is 6.85. The molecule has 1 N–H and O–H groups in total. The highest BCUT2D eigenvalue weighted by molar-refractivity contribution is 8.00. The van der Waals surface area contributed by atoms with Gasteiger partial charge in [-0.15, -0.1) is 11.8 Å². The molecule has 118 valence electrons. The third-order valence-electron chi connectivity index (χ3n) is 2.97. The van der Waals surface area contributed by atoms with Crippen LogP contribution in [-0.4, -0.2) is 27.0 Å². The molecule has 1 heterocycles. The maximum absolute atomic E-state index is 12.2. The van der Waals surface area contributed by atoms with Gasteiger partial charge in [-0.3, -0.25) is 9.48 Å². The lowest BCUT2D eigenvalue weighted by Gasteiger charge is -2.18. The van der Waals surface area contributed by atoms with Gasteiger partial charge < -0.3 is 5.32 Å². The average Bonchev–Trinajstić information content (AvgIpc) is 2.95. The van der Waals surface area contributed by atoms with Gasteiger partial charge in [0.25, 0.3) is 0 Å². The van der Waals surface area contributed by atoms with Crippen molar-refractivity contribution < 1.29 is 4.79 Å². The smallest absolute Gasteiger partial charge is 0.233 e. The minimum absolute atomic E-state index is 0.00900. The number of carbonyl (C=O) groups is 1. The van der Waals surface area contributed by atoms with E-state index in [-0.39, 0.29) is 17.2 Å². The third-order valence-corrected chi connectivity index (χ3v) is 4.81. The number of amides is 1. The third kappa shape index (κ3) is 4.93. The van der Waals surface area contributed by atoms with Gasteiger partial charge in [0, 0.05) is 28.4 Å². The summed E-state index contributed by atoms with van der Waals surface area (Å²) >= 11 is 13.5. The molecule has 0 fully saturated rings. The number of thioether (sulfide) groups is 1. The van der Waals surface area contributed by atoms with Crippen molar-refractivity contribution in [3.8, 4) is 0 Å². The molecule has 0 spiro atoms. The van der Waals surface area contributed by atoms with Crippen LogP contribution in [0.25, 0.3) is 0 Å². The van der Waals surface area contributed by atoms with Crippen LogP contribution in [0.3, 0.4) is 0 Å². The molecule has 1 aromatic heterocycles. The monoisotopic (exact) mass is 357 g/mol. The highest BCUT2D eigenvalue weighted by atomic mass is 35.5. The van der Waals surface area contributed by atoms with E-state index in [0.717, 1.165) is 4.90 Å². The molecule has 0 bridgehead atoms. The quantitative estimate of drug-likeness (QED) is 0.798. The second-order valence-corrected chi connectivity index (χ2v) is 7.20. The highest BCUT2D eigenvalue weighted by Crippen LogP contribution is 2.32. The first-order valence-corrected chi connectivity index (χ1v) is 8.49. The van der Waals surface area contributed by atoms with Gasteiger partial charge >= 0.3 is 0 Å². The molecule has 22 heavy (non-hydrogen) atoms. The SMILES string of the molecule is C[C@H](Sc1cc(Cl)ccc1Cl)C(=O)N[C@@H](C)Cn1cccn1. The zero-order chi connectivity index (χ0) is 16.1. The molecule has 2 atom stereocenters. The van der Waals surface area contributed by atoms with Crippen molar-refractivity contribution in [1.82, 2.24) is 15.1 Å². The van der Waals surface area contributed by atoms with E-state index < -0.39 is 0 Å². The summed E-state index contributed by atoms with van der Waals surface area (Å²) in [6.45, 7) is 4.43. The van der Waals surface area contributed by atoms with Crippen LogP contribution in [0.4, 0.5) is 0 Å². The van der Waals surface area contributed by atoms with Crippen LogP contribution in [0.5, 0.6) is 0 Å². The Balaban J connectivity index is 1.90. The van der Waals surface area contributed by atoms with Gasteiger partial charge in [-0.1, -0.05) is 23.2 Å². The summed E-state index contributed by atoms with van der Waals surface area (Å²) in [5.74, 6) is -0.0410. The van der Waals surface area contributed by atoms with Crippen LogP contribution < -0.4 is 5.32 Å². The fourth-order valence-corrected chi connectivity index (χ4v) is 3.33. The summed E-state index contributed by atoms with van der Waals surface area (Å²) in [4.78, 5) is 13.0. The van der Waals surface area contributed by atoms with E-state index in [2.05, 4.69) is 10.4 Å². The first kappa shape index (κ1) is 17.2. The van der Waals surface area contributed by atoms with E-state index in [1.54, 1.807) is 29.1 Å². The molecule has 2 rings (SSSR count). The standard InChI is InChI=1S/C15H17Cl2N3OS/c1-10(9-20-7-3-6-18-20)19-15(21)11(2)22-14-8-12(16)4-5-13(14)17/h3-8,10-11H,9H2,1-2H3,(H,19,21)/t10-,11-/m0/s1. The molecule has 0 saturated heterocycles. The van der Waals surface area contributed by atoms with Crippen molar-refractivity contribution in [1.29, 1.82) is 0 Å². The van der Waals surface area contributed by atoms with Crippen LogP contribution in [0.1, 0.15) is 13.8 Å². The molecular formula is C15H17Cl2N3OS. The Kier molecular flexibility index (Phi) is 6.17. The zero-order valence-corrected chi connectivity index (χ0v) is 14.6. The Labute approximate surface area is 144 Å². The minimum Gasteiger partial charge on any atom is -0.351 e. The van der Waals surface area contributed by atoms with Gasteiger partial charge in [-0.25, -0.2) is 0 Å². The van der Waals surface area contributed by atoms with Gasteiger partial charge in [-0.05, 0) is 38.1 Å². The lowest BCUT2D eigenvalue weighted by atomic mass is 10.3. The van der Waals surface area contributed by atoms with Gasteiger partial charge in [-0.2, -0.15) is 5.10 Å². The molecule has 0 aliphatic heterocycles. The number of nitrogens with one attached hydrogen (secondary N) is 1. The number of rotatable bonds is 6. The molecule has 1 amide bonds. The molecule has 0 saturated carbocycles. The summed E-state index contributed by atoms with van der Waals surface area (Å²) in [6.07, 6.45) is 3.58. The van der Waals surface area contributed by atoms with Gasteiger partial charge in [0.1, 0.15) is 0 Å². The van der Waals surface area contributed by atoms with Crippen LogP contribution in [0.15, 0.2) is 41.6 Å². The number of halogens is 2. The van der Waals surface area contributed by atoms with Gasteiger partial charge in [0.15, 0.2) is 0 Å². The molecule has 0 radical (unpaired) electrons. The lowest BCUT2D eigenvalue weighted by molar-refractivity contribution is -0.121. The second-order valence-electron chi connectivity index (χ2n) is 4.97. The van der Waals surface area contributed by atoms with Crippen molar-refractivity contribution in [3.05, 3.63) is 46.7 Å². The highest BCUT2D eigenvalue weighted by Gasteiger charge is 2.18. The molecule has 0 aliphatic carbocycles. The van der Waals surface area contributed by atoms with Crippen LogP contribution in [0.2, 0.25) is 10.0 Å². The van der Waals surface area contributed by atoms with Crippen molar-refractivity contribution in [2.75, 3.05) is 0 Å². The summed E-state index contributed by atoms with van der Waals surface area (Å²) in [5, 5.41) is 8.03. The van der Waals surface area contributed by atoms with E-state index in [1.807, 2.05) is 26.1 Å². The molecule has 0 aliphatic rings. The van der Waals surface area contributed by atoms with Crippen LogP contribution in [-0.2, 0) is 11.3 Å². The Morgan fingerprint density at radius 2 is 2.18 bits per heavy atom. The minimum atomic E-state index is -0.268. The van der Waals surface area contributed by atoms with E-state index in [1.165, 1.54) is 11.8 Å². The Bertz CT molecular complexity index is 634. The Morgan fingerprint density at radius 3 is 2.86 bits per heavy atom. The van der Waals surface area contributed by atoms with E-state index in [4.69, 9.17) is 23.2 Å². The first-order chi connectivity index (χ1) is 10.5. The Morgan fingerprint density at radius 1 is 1.41 bits per heavy atom. The number of hydrogen-bond acceptors (Lipinski definition) is 3. The van der Waals surface area contributed by atoms with Crippen molar-refractivity contribution in [2.24, 2.45) is 0 Å². The number of benzene rings is 1. The van der Waals surface area contributed by atoms with E-state index >= 15 is 0 Å². The molecule has 4 nitrogen and oxygen atoms in total. The lowest BCUT2D eigenvalue weighted by Crippen LogP contribution is -2.39. The molecular weight excluding hydrogens is 341 g/mol. The summed E-state index contributed by atoms with van der Waals surface area (Å²) in [7, 11) is 0. The second kappa shape index (κ2) is 7.90. The topological polar surface area (TPSA) is 46.9 Å². The van der Waals surface area contributed by atoms with Crippen molar-refractivity contribution in [2.45, 2.75) is 36.6 Å². The Hall–Kier alpha value is -1.17. The van der Waals surface area contributed by atoms with Gasteiger partial charge in [0.2, 0.25) is 5.91 Å².